The minimum atomic E-state index is -6.00. The van der Waals surface area contributed by atoms with Crippen LogP contribution in [0.2, 0.25) is 0 Å². The Labute approximate surface area is 151 Å². The van der Waals surface area contributed by atoms with Crippen LogP contribution in [0.15, 0.2) is 24.5 Å². The van der Waals surface area contributed by atoms with Gasteiger partial charge in [0.1, 0.15) is 0 Å². The molecular weight excluding hydrogens is 461 g/mol. The summed E-state index contributed by atoms with van der Waals surface area (Å²) in [6, 6.07) is 3.14. The van der Waals surface area contributed by atoms with Crippen molar-refractivity contribution in [1.29, 1.82) is 0 Å². The van der Waals surface area contributed by atoms with Crippen LogP contribution in [0.4, 0.5) is 34.5 Å². The van der Waals surface area contributed by atoms with Crippen molar-refractivity contribution in [3.63, 3.8) is 0 Å². The monoisotopic (exact) mass is 483 g/mol. The first-order chi connectivity index (χ1) is 8.30. The van der Waals surface area contributed by atoms with Crippen LogP contribution in [0.1, 0.15) is 10.4 Å². The molecule has 1 heterocycles. The summed E-state index contributed by atoms with van der Waals surface area (Å²) >= 11 is 0. The molecule has 0 aliphatic rings. The van der Waals surface area contributed by atoms with Gasteiger partial charge in [-0.25, -0.2) is 0 Å². The van der Waals surface area contributed by atoms with E-state index in [0.29, 0.717) is 5.56 Å². The van der Waals surface area contributed by atoms with Gasteiger partial charge in [0.2, 0.25) is 5.91 Å². The van der Waals surface area contributed by atoms with Crippen molar-refractivity contribution in [2.75, 3.05) is 0 Å². The summed E-state index contributed by atoms with van der Waals surface area (Å²) in [5.74, 6) is -0.419. The fraction of sp³-hybridized carbons (Fsp3) is 0. The SMILES string of the molecule is F[B-](F)(F)F.F[B-](F)(F)F.N.N.N.N.N.NC(=O)c1ccncc1.[Ru+2]. The molecule has 19 heteroatoms. The number of nitrogens with zero attached hydrogens (tertiary/aromatic N) is 1. The second-order valence-corrected chi connectivity index (χ2v) is 2.59. The third-order valence-corrected chi connectivity index (χ3v) is 0.965. The number of hydrogen-bond acceptors (Lipinski definition) is 7. The third-order valence-electron chi connectivity index (χ3n) is 0.965. The zero-order valence-electron chi connectivity index (χ0n) is 12.8. The number of primary amides is 1. The first-order valence-electron chi connectivity index (χ1n) is 4.25. The number of halogens is 8. The van der Waals surface area contributed by atoms with E-state index in [0.717, 1.165) is 0 Å². The summed E-state index contributed by atoms with van der Waals surface area (Å²) in [7, 11) is -12.0. The molecule has 0 bridgehead atoms. The van der Waals surface area contributed by atoms with Crippen LogP contribution in [0, 0.1) is 0 Å². The summed E-state index contributed by atoms with van der Waals surface area (Å²) in [5, 5.41) is 0. The maximum Gasteiger partial charge on any atom is 2.00 e. The van der Waals surface area contributed by atoms with Crippen molar-refractivity contribution >= 4 is 20.4 Å². The van der Waals surface area contributed by atoms with E-state index in [4.69, 9.17) is 5.73 Å². The van der Waals surface area contributed by atoms with Crippen molar-refractivity contribution in [3.8, 4) is 0 Å². The van der Waals surface area contributed by atoms with Gasteiger partial charge in [-0.3, -0.25) is 9.78 Å². The molecule has 1 amide bonds. The maximum atomic E-state index is 10.4. The fourth-order valence-corrected chi connectivity index (χ4v) is 0.516. The Morgan fingerprint density at radius 3 is 1.08 bits per heavy atom. The van der Waals surface area contributed by atoms with E-state index in [1.54, 1.807) is 12.1 Å². The molecule has 0 fully saturated rings. The first-order valence-corrected chi connectivity index (χ1v) is 4.25. The topological polar surface area (TPSA) is 231 Å². The van der Waals surface area contributed by atoms with Gasteiger partial charge < -0.3 is 71.0 Å². The van der Waals surface area contributed by atoms with E-state index in [1.165, 1.54) is 12.4 Å². The van der Waals surface area contributed by atoms with Gasteiger partial charge in [-0.1, -0.05) is 0 Å². The molecule has 0 spiro atoms. The molecule has 8 nitrogen and oxygen atoms in total. The van der Waals surface area contributed by atoms with Gasteiger partial charge in [-0.2, -0.15) is 0 Å². The number of amides is 1. The van der Waals surface area contributed by atoms with Crippen LogP contribution < -0.4 is 36.5 Å². The minimum Gasteiger partial charge on any atom is -0.418 e. The van der Waals surface area contributed by atoms with E-state index < -0.39 is 20.4 Å². The number of pyridine rings is 1. The molecule has 0 saturated heterocycles. The Morgan fingerprint density at radius 1 is 0.760 bits per heavy atom. The van der Waals surface area contributed by atoms with E-state index in [2.05, 4.69) is 4.98 Å². The molecule has 17 N–H and O–H groups in total. The normalized spacial score (nSPS) is 8.00. The third kappa shape index (κ3) is 85.3. The largest absolute Gasteiger partial charge is 2.00 e. The molecule has 0 unspecified atom stereocenters. The van der Waals surface area contributed by atoms with E-state index in [-0.39, 0.29) is 50.2 Å². The van der Waals surface area contributed by atoms with Gasteiger partial charge in [-0.15, -0.1) is 0 Å². The summed E-state index contributed by atoms with van der Waals surface area (Å²) in [6.45, 7) is 0. The standard InChI is InChI=1S/C6H6N2O.2BF4.5H3N.Ru/c7-6(9)5-1-3-8-4-2-5;2*2-1(3,4)5;;;;;;/h1-4H,(H2,7,9);;;5*1H3;/q;2*-1;;;;;;+2. The number of rotatable bonds is 1. The van der Waals surface area contributed by atoms with E-state index in [9.17, 15) is 39.3 Å². The quantitative estimate of drug-likeness (QED) is 0.257. The molecule has 25 heavy (non-hydrogen) atoms. The average Bonchev–Trinajstić information content (AvgIpc) is 2.13. The summed E-state index contributed by atoms with van der Waals surface area (Å²) < 4.78 is 78.0. The predicted octanol–water partition coefficient (Wildman–Crippen LogP) is 3.59. The van der Waals surface area contributed by atoms with Crippen LogP contribution in [0.25, 0.3) is 0 Å². The number of aromatic nitrogens is 1. The van der Waals surface area contributed by atoms with Crippen molar-refractivity contribution in [3.05, 3.63) is 30.1 Å². The van der Waals surface area contributed by atoms with Gasteiger partial charge in [0.05, 0.1) is 0 Å². The zero-order chi connectivity index (χ0) is 15.7. The summed E-state index contributed by atoms with van der Waals surface area (Å²) in [4.78, 5) is 14.1. The van der Waals surface area contributed by atoms with Crippen molar-refractivity contribution in [1.82, 2.24) is 35.7 Å². The summed E-state index contributed by atoms with van der Waals surface area (Å²) in [5.41, 5.74) is 5.44. The molecule has 0 aromatic carbocycles. The second-order valence-electron chi connectivity index (χ2n) is 2.59. The predicted molar refractivity (Wildman–Crippen MR) is 78.2 cm³/mol. The van der Waals surface area contributed by atoms with Crippen LogP contribution in [0.5, 0.6) is 0 Å². The zero-order valence-corrected chi connectivity index (χ0v) is 14.5. The molecule has 1 rings (SSSR count). The van der Waals surface area contributed by atoms with Crippen LogP contribution in [-0.2, 0) is 19.5 Å². The second kappa shape index (κ2) is 22.6. The number of carbonyl (C=O) groups excluding carboxylic acids is 1. The van der Waals surface area contributed by atoms with Gasteiger partial charge in [0.25, 0.3) is 0 Å². The molecule has 0 aliphatic heterocycles. The van der Waals surface area contributed by atoms with E-state index >= 15 is 0 Å². The molecule has 156 valence electrons. The molecular formula is C6H21B2F8N7ORu. The Kier molecular flexibility index (Phi) is 44.8. The molecule has 0 aliphatic carbocycles. The Hall–Kier alpha value is -1.39. The average molecular weight is 482 g/mol. The van der Waals surface area contributed by atoms with E-state index in [1.807, 2.05) is 0 Å². The Balaban J connectivity index is -0.0000000273. The maximum absolute atomic E-state index is 10.4. The van der Waals surface area contributed by atoms with Crippen molar-refractivity contribution < 1.29 is 58.8 Å². The van der Waals surface area contributed by atoms with Gasteiger partial charge in [0, 0.05) is 18.0 Å². The Morgan fingerprint density at radius 2 is 0.960 bits per heavy atom. The number of nitrogens with two attached hydrogens (primary N) is 1. The minimum absolute atomic E-state index is 0. The molecule has 1 aromatic rings. The molecule has 0 atom stereocenters. The number of hydrogen-bond donors (Lipinski definition) is 6. The van der Waals surface area contributed by atoms with Crippen molar-refractivity contribution in [2.45, 2.75) is 0 Å². The van der Waals surface area contributed by atoms with Crippen LogP contribution in [0.3, 0.4) is 0 Å². The van der Waals surface area contributed by atoms with Gasteiger partial charge in [-0.05, 0) is 12.1 Å². The molecule has 0 radical (unpaired) electrons. The first kappa shape index (κ1) is 49.5. The molecule has 1 aromatic heterocycles. The van der Waals surface area contributed by atoms with Gasteiger partial charge >= 0.3 is 34.0 Å². The van der Waals surface area contributed by atoms with Crippen molar-refractivity contribution in [2.24, 2.45) is 5.73 Å². The number of carbonyl (C=O) groups is 1. The van der Waals surface area contributed by atoms with Crippen LogP contribution in [-0.4, -0.2) is 25.4 Å². The summed E-state index contributed by atoms with van der Waals surface area (Å²) in [6.07, 6.45) is 3.06. The van der Waals surface area contributed by atoms with Gasteiger partial charge in [0.15, 0.2) is 0 Å². The molecule has 0 saturated carbocycles. The fourth-order valence-electron chi connectivity index (χ4n) is 0.516. The Bertz CT molecular complexity index is 361. The smallest absolute Gasteiger partial charge is 0.418 e. The van der Waals surface area contributed by atoms with Crippen LogP contribution >= 0.6 is 0 Å².